The smallest absolute Gasteiger partial charge is 0.410 e. The van der Waals surface area contributed by atoms with Crippen LogP contribution in [0.5, 0.6) is 0 Å². The van der Waals surface area contributed by atoms with E-state index < -0.39 is 23.5 Å². The van der Waals surface area contributed by atoms with Gasteiger partial charge in [-0.1, -0.05) is 54.6 Å². The van der Waals surface area contributed by atoms with Crippen LogP contribution in [0.3, 0.4) is 0 Å². The van der Waals surface area contributed by atoms with Crippen LogP contribution in [0.25, 0.3) is 16.7 Å². The average molecular weight is 476 g/mol. The second kappa shape index (κ2) is 8.59. The third-order valence-corrected chi connectivity index (χ3v) is 7.51. The van der Waals surface area contributed by atoms with Gasteiger partial charge in [-0.15, -0.1) is 0 Å². The fraction of sp³-hybridized carbons (Fsp3) is 0.276. The molecule has 1 fully saturated rings. The van der Waals surface area contributed by atoms with E-state index in [9.17, 15) is 18.0 Å². The lowest BCUT2D eigenvalue weighted by atomic mass is 9.83. The SMILES string of the molecule is O=C(OCC1c2ccccc2-c2ccccc21)N1C2C=C(c3c(F)cc(F)cc3F)CC1CCC2. The first-order chi connectivity index (χ1) is 17.0. The Morgan fingerprint density at radius 2 is 1.54 bits per heavy atom. The molecule has 1 aliphatic carbocycles. The summed E-state index contributed by atoms with van der Waals surface area (Å²) in [5, 5.41) is 0. The van der Waals surface area contributed by atoms with Gasteiger partial charge in [0.05, 0.1) is 6.04 Å². The van der Waals surface area contributed by atoms with Crippen molar-refractivity contribution in [3.63, 3.8) is 0 Å². The summed E-state index contributed by atoms with van der Waals surface area (Å²) in [5.41, 5.74) is 4.90. The topological polar surface area (TPSA) is 29.5 Å². The molecule has 3 nitrogen and oxygen atoms in total. The Kier molecular flexibility index (Phi) is 5.39. The second-order valence-corrected chi connectivity index (χ2v) is 9.50. The van der Waals surface area contributed by atoms with Crippen LogP contribution in [-0.4, -0.2) is 29.7 Å². The van der Waals surface area contributed by atoms with Crippen molar-refractivity contribution in [2.24, 2.45) is 0 Å². The summed E-state index contributed by atoms with van der Waals surface area (Å²) in [6, 6.07) is 17.2. The maximum absolute atomic E-state index is 14.4. The van der Waals surface area contributed by atoms with Gasteiger partial charge >= 0.3 is 6.09 Å². The van der Waals surface area contributed by atoms with Crippen molar-refractivity contribution in [2.75, 3.05) is 6.61 Å². The summed E-state index contributed by atoms with van der Waals surface area (Å²) in [5.74, 6) is -2.81. The van der Waals surface area contributed by atoms with Crippen LogP contribution < -0.4 is 0 Å². The number of rotatable bonds is 3. The minimum absolute atomic E-state index is 0.0375. The maximum Gasteiger partial charge on any atom is 0.410 e. The summed E-state index contributed by atoms with van der Waals surface area (Å²) in [4.78, 5) is 15.0. The molecule has 6 heteroatoms. The van der Waals surface area contributed by atoms with Crippen molar-refractivity contribution in [3.05, 3.63) is 101 Å². The van der Waals surface area contributed by atoms with E-state index >= 15 is 0 Å². The van der Waals surface area contributed by atoms with Gasteiger partial charge in [-0.3, -0.25) is 4.90 Å². The zero-order valence-corrected chi connectivity index (χ0v) is 19.0. The van der Waals surface area contributed by atoms with Gasteiger partial charge in [-0.05, 0) is 53.5 Å². The molecule has 3 aromatic carbocycles. The van der Waals surface area contributed by atoms with Crippen molar-refractivity contribution in [1.29, 1.82) is 0 Å². The predicted molar refractivity (Wildman–Crippen MR) is 127 cm³/mol. The van der Waals surface area contributed by atoms with Crippen molar-refractivity contribution in [1.82, 2.24) is 4.90 Å². The van der Waals surface area contributed by atoms with Crippen LogP contribution in [-0.2, 0) is 4.74 Å². The molecule has 35 heavy (non-hydrogen) atoms. The molecule has 0 N–H and O–H groups in total. The molecule has 0 spiro atoms. The zero-order chi connectivity index (χ0) is 24.1. The molecule has 2 bridgehead atoms. The normalized spacial score (nSPS) is 20.8. The van der Waals surface area contributed by atoms with Gasteiger partial charge in [0.15, 0.2) is 0 Å². The Hall–Kier alpha value is -3.54. The van der Waals surface area contributed by atoms with Gasteiger partial charge in [0.25, 0.3) is 0 Å². The number of fused-ring (bicyclic) bond motifs is 5. The van der Waals surface area contributed by atoms with Crippen molar-refractivity contribution < 1.29 is 22.7 Å². The van der Waals surface area contributed by atoms with E-state index in [1.807, 2.05) is 24.3 Å². The van der Waals surface area contributed by atoms with Gasteiger partial charge in [0.1, 0.15) is 24.1 Å². The van der Waals surface area contributed by atoms with Crippen molar-refractivity contribution >= 4 is 11.7 Å². The van der Waals surface area contributed by atoms with E-state index in [0.29, 0.717) is 30.5 Å². The number of nitrogens with zero attached hydrogens (tertiary/aromatic N) is 1. The number of ether oxygens (including phenoxy) is 1. The molecular weight excluding hydrogens is 451 g/mol. The van der Waals surface area contributed by atoms with Crippen LogP contribution >= 0.6 is 0 Å². The molecule has 2 atom stereocenters. The Bertz CT molecular complexity index is 1280. The highest BCUT2D eigenvalue weighted by Crippen LogP contribution is 2.45. The Morgan fingerprint density at radius 3 is 2.17 bits per heavy atom. The minimum atomic E-state index is -0.944. The Labute approximate surface area is 201 Å². The Balaban J connectivity index is 1.24. The number of hydrogen-bond donors (Lipinski definition) is 0. The summed E-state index contributed by atoms with van der Waals surface area (Å²) >= 11 is 0. The molecular formula is C29H24F3NO2. The lowest BCUT2D eigenvalue weighted by Crippen LogP contribution is -2.52. The molecule has 0 saturated carbocycles. The highest BCUT2D eigenvalue weighted by molar-refractivity contribution is 5.79. The van der Waals surface area contributed by atoms with E-state index in [4.69, 9.17) is 4.74 Å². The summed E-state index contributed by atoms with van der Waals surface area (Å²) in [6.07, 6.45) is 3.98. The number of carbonyl (C=O) groups excluding carboxylic acids is 1. The summed E-state index contributed by atoms with van der Waals surface area (Å²) < 4.78 is 48.2. The van der Waals surface area contributed by atoms with E-state index in [0.717, 1.165) is 35.1 Å². The number of benzene rings is 3. The second-order valence-electron chi connectivity index (χ2n) is 9.50. The molecule has 2 aliphatic heterocycles. The molecule has 0 radical (unpaired) electrons. The van der Waals surface area contributed by atoms with E-state index in [1.165, 1.54) is 0 Å². The number of amides is 1. The minimum Gasteiger partial charge on any atom is -0.448 e. The van der Waals surface area contributed by atoms with Crippen molar-refractivity contribution in [3.8, 4) is 11.1 Å². The van der Waals surface area contributed by atoms with Crippen LogP contribution in [0.4, 0.5) is 18.0 Å². The lowest BCUT2D eigenvalue weighted by molar-refractivity contribution is 0.0538. The van der Waals surface area contributed by atoms with E-state index in [1.54, 1.807) is 11.0 Å². The van der Waals surface area contributed by atoms with Gasteiger partial charge in [-0.25, -0.2) is 18.0 Å². The largest absolute Gasteiger partial charge is 0.448 e. The van der Waals surface area contributed by atoms with Crippen LogP contribution in [0.1, 0.15) is 48.3 Å². The number of piperidine rings is 1. The molecule has 3 aliphatic rings. The van der Waals surface area contributed by atoms with Crippen LogP contribution in [0, 0.1) is 17.5 Å². The van der Waals surface area contributed by atoms with Crippen LogP contribution in [0.15, 0.2) is 66.7 Å². The maximum atomic E-state index is 14.4. The van der Waals surface area contributed by atoms with Gasteiger partial charge in [0, 0.05) is 29.7 Å². The highest BCUT2D eigenvalue weighted by atomic mass is 19.1. The third kappa shape index (κ3) is 3.72. The number of halogens is 3. The molecule has 2 unspecified atom stereocenters. The first-order valence-electron chi connectivity index (χ1n) is 12.0. The molecule has 1 saturated heterocycles. The van der Waals surface area contributed by atoms with Crippen LogP contribution in [0.2, 0.25) is 0 Å². The standard InChI is InChI=1S/C29H24F3NO2/c30-18-14-26(31)28(27(32)15-18)17-12-19-6-5-7-20(13-17)33(19)29(34)35-16-25-23-10-3-1-8-21(23)22-9-2-4-11-24(22)25/h1-4,8-12,14-15,19-20,25H,5-7,13,16H2. The monoisotopic (exact) mass is 475 g/mol. The summed E-state index contributed by atoms with van der Waals surface area (Å²) in [6.45, 7) is 0.223. The van der Waals surface area contributed by atoms with E-state index in [2.05, 4.69) is 24.3 Å². The lowest BCUT2D eigenvalue weighted by Gasteiger charge is -2.44. The highest BCUT2D eigenvalue weighted by Gasteiger charge is 2.40. The number of hydrogen-bond acceptors (Lipinski definition) is 2. The molecule has 178 valence electrons. The predicted octanol–water partition coefficient (Wildman–Crippen LogP) is 7.06. The first-order valence-corrected chi connectivity index (χ1v) is 12.0. The van der Waals surface area contributed by atoms with Gasteiger partial charge in [0.2, 0.25) is 0 Å². The van der Waals surface area contributed by atoms with E-state index in [-0.39, 0.29) is 30.2 Å². The molecule has 6 rings (SSSR count). The Morgan fingerprint density at radius 1 is 0.914 bits per heavy atom. The third-order valence-electron chi connectivity index (χ3n) is 7.51. The number of carbonyl (C=O) groups is 1. The molecule has 0 aromatic heterocycles. The first kappa shape index (κ1) is 22.0. The average Bonchev–Trinajstić information content (AvgIpc) is 3.15. The fourth-order valence-electron chi connectivity index (χ4n) is 6.02. The fourth-order valence-corrected chi connectivity index (χ4v) is 6.02. The molecule has 1 amide bonds. The quantitative estimate of drug-likeness (QED) is 0.406. The van der Waals surface area contributed by atoms with Crippen molar-refractivity contribution in [2.45, 2.75) is 43.7 Å². The molecule has 3 aromatic rings. The van der Waals surface area contributed by atoms with Gasteiger partial charge < -0.3 is 4.74 Å². The zero-order valence-electron chi connectivity index (χ0n) is 19.0. The molecule has 2 heterocycles. The summed E-state index contributed by atoms with van der Waals surface area (Å²) in [7, 11) is 0. The van der Waals surface area contributed by atoms with Gasteiger partial charge in [-0.2, -0.15) is 0 Å².